The maximum Gasteiger partial charge on any atom is 0.179 e. The van der Waals surface area contributed by atoms with Gasteiger partial charge in [-0.2, -0.15) is 0 Å². The predicted molar refractivity (Wildman–Crippen MR) is 81.8 cm³/mol. The second kappa shape index (κ2) is 4.93. The van der Waals surface area contributed by atoms with Gasteiger partial charge in [0.1, 0.15) is 5.54 Å². The SMILES string of the molecule is CC1(N=[N+]=[N-])C=C(c2ccccc2)c2ccccc2C1=O. The average molecular weight is 275 g/mol. The minimum absolute atomic E-state index is 0.171. The number of carbonyl (C=O) groups excluding carboxylic acids is 1. The molecule has 0 aromatic heterocycles. The summed E-state index contributed by atoms with van der Waals surface area (Å²) in [4.78, 5) is 15.4. The van der Waals surface area contributed by atoms with Crippen molar-refractivity contribution in [3.63, 3.8) is 0 Å². The Bertz CT molecular complexity index is 789. The molecule has 0 aliphatic heterocycles. The minimum Gasteiger partial charge on any atom is -0.293 e. The number of benzene rings is 2. The molecule has 1 atom stereocenters. The standard InChI is InChI=1S/C17H13N3O/c1-17(19-20-18)11-15(12-7-3-2-4-8-12)13-9-5-6-10-14(13)16(17)21/h2-11H,1H3. The number of azide groups is 1. The molecule has 102 valence electrons. The van der Waals surface area contributed by atoms with E-state index in [1.807, 2.05) is 48.5 Å². The van der Waals surface area contributed by atoms with Crippen molar-refractivity contribution in [2.75, 3.05) is 0 Å². The van der Waals surface area contributed by atoms with E-state index in [1.54, 1.807) is 19.1 Å². The highest BCUT2D eigenvalue weighted by molar-refractivity contribution is 6.12. The second-order valence-electron chi connectivity index (χ2n) is 5.14. The van der Waals surface area contributed by atoms with E-state index in [9.17, 15) is 4.79 Å². The van der Waals surface area contributed by atoms with Crippen LogP contribution in [-0.2, 0) is 0 Å². The Hall–Kier alpha value is -2.84. The summed E-state index contributed by atoms with van der Waals surface area (Å²) in [7, 11) is 0. The van der Waals surface area contributed by atoms with Crippen LogP contribution in [0.4, 0.5) is 0 Å². The van der Waals surface area contributed by atoms with Crippen LogP contribution < -0.4 is 0 Å². The molecule has 0 radical (unpaired) electrons. The lowest BCUT2D eigenvalue weighted by atomic mass is 9.78. The Morgan fingerprint density at radius 2 is 1.62 bits per heavy atom. The Morgan fingerprint density at radius 1 is 1.00 bits per heavy atom. The number of hydrogen-bond acceptors (Lipinski definition) is 2. The third-order valence-electron chi connectivity index (χ3n) is 3.68. The van der Waals surface area contributed by atoms with E-state index in [0.717, 1.165) is 16.7 Å². The Kier molecular flexibility index (Phi) is 3.09. The molecule has 0 bridgehead atoms. The van der Waals surface area contributed by atoms with Crippen LogP contribution in [0.15, 0.2) is 65.8 Å². The molecular weight excluding hydrogens is 262 g/mol. The van der Waals surface area contributed by atoms with E-state index in [4.69, 9.17) is 5.53 Å². The van der Waals surface area contributed by atoms with E-state index in [-0.39, 0.29) is 5.78 Å². The van der Waals surface area contributed by atoms with Gasteiger partial charge in [-0.15, -0.1) is 0 Å². The maximum absolute atomic E-state index is 12.6. The van der Waals surface area contributed by atoms with Gasteiger partial charge in [0, 0.05) is 10.5 Å². The highest BCUT2D eigenvalue weighted by Crippen LogP contribution is 2.37. The van der Waals surface area contributed by atoms with Gasteiger partial charge in [-0.1, -0.05) is 65.8 Å². The van der Waals surface area contributed by atoms with Gasteiger partial charge in [0.2, 0.25) is 0 Å². The molecule has 0 fully saturated rings. The first-order valence-corrected chi connectivity index (χ1v) is 6.64. The summed E-state index contributed by atoms with van der Waals surface area (Å²) in [5, 5.41) is 3.73. The largest absolute Gasteiger partial charge is 0.293 e. The molecule has 0 heterocycles. The molecule has 0 spiro atoms. The van der Waals surface area contributed by atoms with Crippen LogP contribution in [0.5, 0.6) is 0 Å². The summed E-state index contributed by atoms with van der Waals surface area (Å²) in [6.07, 6.45) is 1.76. The number of carbonyl (C=O) groups is 1. The predicted octanol–water partition coefficient (Wildman–Crippen LogP) is 4.38. The summed E-state index contributed by atoms with van der Waals surface area (Å²) < 4.78 is 0. The van der Waals surface area contributed by atoms with Gasteiger partial charge in [-0.25, -0.2) is 0 Å². The highest BCUT2D eigenvalue weighted by atomic mass is 16.1. The maximum atomic E-state index is 12.6. The zero-order valence-corrected chi connectivity index (χ0v) is 11.5. The topological polar surface area (TPSA) is 65.8 Å². The molecule has 1 aliphatic rings. The Labute approximate surface area is 122 Å². The van der Waals surface area contributed by atoms with Crippen molar-refractivity contribution in [1.82, 2.24) is 0 Å². The van der Waals surface area contributed by atoms with Crippen molar-refractivity contribution >= 4 is 11.4 Å². The molecule has 2 aromatic carbocycles. The van der Waals surface area contributed by atoms with Gasteiger partial charge in [-0.3, -0.25) is 4.79 Å². The molecular formula is C17H13N3O. The smallest absolute Gasteiger partial charge is 0.179 e. The van der Waals surface area contributed by atoms with Crippen molar-refractivity contribution < 1.29 is 4.79 Å². The molecule has 3 rings (SSSR count). The van der Waals surface area contributed by atoms with Gasteiger partial charge >= 0.3 is 0 Å². The number of Topliss-reactive ketones (excluding diaryl/α,β-unsaturated/α-hetero) is 1. The zero-order chi connectivity index (χ0) is 14.9. The molecule has 1 aliphatic carbocycles. The van der Waals surface area contributed by atoms with E-state index >= 15 is 0 Å². The van der Waals surface area contributed by atoms with Crippen LogP contribution in [-0.4, -0.2) is 11.3 Å². The van der Waals surface area contributed by atoms with Crippen molar-refractivity contribution in [3.8, 4) is 0 Å². The molecule has 1 unspecified atom stereocenters. The van der Waals surface area contributed by atoms with Crippen molar-refractivity contribution in [1.29, 1.82) is 0 Å². The first-order chi connectivity index (χ1) is 10.2. The first kappa shape index (κ1) is 13.2. The number of fused-ring (bicyclic) bond motifs is 1. The average Bonchev–Trinajstić information content (AvgIpc) is 2.52. The molecule has 4 heteroatoms. The Balaban J connectivity index is 2.30. The first-order valence-electron chi connectivity index (χ1n) is 6.64. The van der Waals surface area contributed by atoms with Crippen LogP contribution in [0.2, 0.25) is 0 Å². The minimum atomic E-state index is -1.19. The molecule has 2 aromatic rings. The van der Waals surface area contributed by atoms with E-state index in [2.05, 4.69) is 10.0 Å². The van der Waals surface area contributed by atoms with Gasteiger partial charge in [0.05, 0.1) is 0 Å². The van der Waals surface area contributed by atoms with Gasteiger partial charge in [0.15, 0.2) is 5.78 Å². The van der Waals surface area contributed by atoms with Gasteiger partial charge in [-0.05, 0) is 29.2 Å². The second-order valence-corrected chi connectivity index (χ2v) is 5.14. The summed E-state index contributed by atoms with van der Waals surface area (Å²) in [6, 6.07) is 17.2. The normalized spacial score (nSPS) is 20.2. The molecule has 0 N–H and O–H groups in total. The summed E-state index contributed by atoms with van der Waals surface area (Å²) >= 11 is 0. The third-order valence-corrected chi connectivity index (χ3v) is 3.68. The van der Waals surface area contributed by atoms with Crippen LogP contribution in [0.25, 0.3) is 16.0 Å². The van der Waals surface area contributed by atoms with Crippen LogP contribution in [0, 0.1) is 0 Å². The van der Waals surface area contributed by atoms with Gasteiger partial charge < -0.3 is 0 Å². The fourth-order valence-corrected chi connectivity index (χ4v) is 2.64. The summed E-state index contributed by atoms with van der Waals surface area (Å²) in [6.45, 7) is 1.65. The van der Waals surface area contributed by atoms with E-state index in [0.29, 0.717) is 5.56 Å². The lowest BCUT2D eigenvalue weighted by Gasteiger charge is -2.28. The summed E-state index contributed by atoms with van der Waals surface area (Å²) in [5.41, 5.74) is 11.0. The van der Waals surface area contributed by atoms with Crippen molar-refractivity contribution in [2.24, 2.45) is 5.11 Å². The highest BCUT2D eigenvalue weighted by Gasteiger charge is 2.37. The molecule has 0 saturated heterocycles. The fourth-order valence-electron chi connectivity index (χ4n) is 2.64. The van der Waals surface area contributed by atoms with Crippen molar-refractivity contribution in [2.45, 2.75) is 12.5 Å². The third kappa shape index (κ3) is 2.12. The van der Waals surface area contributed by atoms with Crippen molar-refractivity contribution in [3.05, 3.63) is 87.8 Å². The fraction of sp³-hybridized carbons (Fsp3) is 0.118. The quantitative estimate of drug-likeness (QED) is 0.455. The zero-order valence-electron chi connectivity index (χ0n) is 11.5. The lowest BCUT2D eigenvalue weighted by molar-refractivity contribution is 0.0929. The monoisotopic (exact) mass is 275 g/mol. The Morgan fingerprint density at radius 3 is 2.29 bits per heavy atom. The van der Waals surface area contributed by atoms with Crippen LogP contribution in [0.1, 0.15) is 28.4 Å². The van der Waals surface area contributed by atoms with E-state index in [1.165, 1.54) is 0 Å². The van der Waals surface area contributed by atoms with Crippen LogP contribution in [0.3, 0.4) is 0 Å². The lowest BCUT2D eigenvalue weighted by Crippen LogP contribution is -2.34. The van der Waals surface area contributed by atoms with Crippen LogP contribution >= 0.6 is 0 Å². The molecule has 0 amide bonds. The number of rotatable bonds is 2. The number of hydrogen-bond donors (Lipinski definition) is 0. The summed E-state index contributed by atoms with van der Waals surface area (Å²) in [5.74, 6) is -0.171. The van der Waals surface area contributed by atoms with Gasteiger partial charge in [0.25, 0.3) is 0 Å². The molecule has 4 nitrogen and oxygen atoms in total. The number of nitrogens with zero attached hydrogens (tertiary/aromatic N) is 3. The molecule has 21 heavy (non-hydrogen) atoms. The van der Waals surface area contributed by atoms with E-state index < -0.39 is 5.54 Å². The molecule has 0 saturated carbocycles. The number of ketones is 1.